The minimum atomic E-state index is 0.560. The number of aryl methyl sites for hydroxylation is 1. The zero-order valence-corrected chi connectivity index (χ0v) is 13.6. The number of rotatable bonds is 7. The van der Waals surface area contributed by atoms with Gasteiger partial charge in [0.05, 0.1) is 5.69 Å². The number of aromatic nitrogens is 1. The van der Waals surface area contributed by atoms with Gasteiger partial charge in [-0.25, -0.2) is 4.98 Å². The van der Waals surface area contributed by atoms with Crippen LogP contribution in [0.5, 0.6) is 0 Å². The van der Waals surface area contributed by atoms with E-state index in [0.717, 1.165) is 19.0 Å². The second kappa shape index (κ2) is 6.44. The molecule has 1 unspecified atom stereocenters. The van der Waals surface area contributed by atoms with Crippen LogP contribution in [0.4, 0.5) is 5.13 Å². The maximum atomic E-state index is 4.97. The summed E-state index contributed by atoms with van der Waals surface area (Å²) in [6.45, 7) is 7.93. The predicted molar refractivity (Wildman–Crippen MR) is 86.7 cm³/mol. The molecule has 20 heavy (non-hydrogen) atoms. The highest BCUT2D eigenvalue weighted by molar-refractivity contribution is 7.15. The minimum Gasteiger partial charge on any atom is -0.348 e. The Labute approximate surface area is 126 Å². The van der Waals surface area contributed by atoms with E-state index in [1.807, 2.05) is 11.3 Å². The molecule has 0 amide bonds. The lowest BCUT2D eigenvalue weighted by molar-refractivity contribution is 0.464. The van der Waals surface area contributed by atoms with Crippen LogP contribution in [-0.2, 0) is 6.42 Å². The maximum absolute atomic E-state index is 4.97. The SMILES string of the molecule is CCCNC1CCCc2nc(N(CC)CC3CC3)sc21. The second-order valence-corrected chi connectivity index (χ2v) is 7.20. The van der Waals surface area contributed by atoms with Gasteiger partial charge >= 0.3 is 0 Å². The zero-order valence-electron chi connectivity index (χ0n) is 12.8. The molecule has 1 heterocycles. The van der Waals surface area contributed by atoms with Crippen molar-refractivity contribution in [2.24, 2.45) is 5.92 Å². The molecule has 2 aliphatic carbocycles. The van der Waals surface area contributed by atoms with E-state index in [0.29, 0.717) is 6.04 Å². The van der Waals surface area contributed by atoms with Crippen molar-refractivity contribution >= 4 is 16.5 Å². The molecule has 3 rings (SSSR count). The minimum absolute atomic E-state index is 0.560. The maximum Gasteiger partial charge on any atom is 0.185 e. The highest BCUT2D eigenvalue weighted by Crippen LogP contribution is 2.39. The molecular weight excluding hydrogens is 266 g/mol. The molecule has 0 aliphatic heterocycles. The third-order valence-corrected chi connectivity index (χ3v) is 5.68. The van der Waals surface area contributed by atoms with E-state index in [1.165, 1.54) is 60.8 Å². The monoisotopic (exact) mass is 293 g/mol. The van der Waals surface area contributed by atoms with Gasteiger partial charge in [-0.3, -0.25) is 0 Å². The Morgan fingerprint density at radius 2 is 2.15 bits per heavy atom. The fraction of sp³-hybridized carbons (Fsp3) is 0.812. The average molecular weight is 293 g/mol. The fourth-order valence-corrected chi connectivity index (χ4v) is 4.30. The van der Waals surface area contributed by atoms with Gasteiger partial charge in [-0.15, -0.1) is 0 Å². The molecule has 112 valence electrons. The highest BCUT2D eigenvalue weighted by Gasteiger charge is 2.28. The van der Waals surface area contributed by atoms with E-state index >= 15 is 0 Å². The molecule has 0 saturated heterocycles. The van der Waals surface area contributed by atoms with Crippen LogP contribution in [0.1, 0.15) is 62.6 Å². The van der Waals surface area contributed by atoms with E-state index in [9.17, 15) is 0 Å². The molecule has 0 aromatic carbocycles. The number of thiazole rings is 1. The van der Waals surface area contributed by atoms with Gasteiger partial charge < -0.3 is 10.2 Å². The molecule has 1 fully saturated rings. The summed E-state index contributed by atoms with van der Waals surface area (Å²) in [5, 5.41) is 4.98. The smallest absolute Gasteiger partial charge is 0.185 e. The molecule has 2 aliphatic rings. The average Bonchev–Trinajstić information content (AvgIpc) is 3.18. The Hall–Kier alpha value is -0.610. The second-order valence-electron chi connectivity index (χ2n) is 6.19. The highest BCUT2D eigenvalue weighted by atomic mass is 32.1. The van der Waals surface area contributed by atoms with Crippen LogP contribution < -0.4 is 10.2 Å². The van der Waals surface area contributed by atoms with Crippen molar-refractivity contribution in [1.82, 2.24) is 10.3 Å². The topological polar surface area (TPSA) is 28.2 Å². The summed E-state index contributed by atoms with van der Waals surface area (Å²) in [6, 6.07) is 0.560. The summed E-state index contributed by atoms with van der Waals surface area (Å²) in [6.07, 6.45) is 7.79. The van der Waals surface area contributed by atoms with Crippen LogP contribution in [0.3, 0.4) is 0 Å². The molecule has 1 atom stereocenters. The first-order valence-corrected chi connectivity index (χ1v) is 9.11. The Morgan fingerprint density at radius 1 is 1.30 bits per heavy atom. The number of nitrogens with zero attached hydrogens (tertiary/aromatic N) is 2. The fourth-order valence-electron chi connectivity index (χ4n) is 3.01. The van der Waals surface area contributed by atoms with Gasteiger partial charge in [-0.05, 0) is 57.9 Å². The van der Waals surface area contributed by atoms with E-state index in [-0.39, 0.29) is 0 Å². The Bertz CT molecular complexity index is 439. The van der Waals surface area contributed by atoms with Gasteiger partial charge in [0.1, 0.15) is 0 Å². The molecule has 0 radical (unpaired) electrons. The number of fused-ring (bicyclic) bond motifs is 1. The summed E-state index contributed by atoms with van der Waals surface area (Å²) in [7, 11) is 0. The summed E-state index contributed by atoms with van der Waals surface area (Å²) < 4.78 is 0. The number of hydrogen-bond donors (Lipinski definition) is 1. The third kappa shape index (κ3) is 3.17. The van der Waals surface area contributed by atoms with Gasteiger partial charge in [-0.2, -0.15) is 0 Å². The number of anilines is 1. The summed E-state index contributed by atoms with van der Waals surface area (Å²) >= 11 is 1.95. The third-order valence-electron chi connectivity index (χ3n) is 4.41. The Morgan fingerprint density at radius 3 is 2.85 bits per heavy atom. The van der Waals surface area contributed by atoms with Gasteiger partial charge in [0, 0.05) is 24.0 Å². The first-order valence-electron chi connectivity index (χ1n) is 8.29. The summed E-state index contributed by atoms with van der Waals surface area (Å²) in [5.41, 5.74) is 1.37. The van der Waals surface area contributed by atoms with E-state index in [1.54, 1.807) is 0 Å². The molecule has 1 aromatic heterocycles. The summed E-state index contributed by atoms with van der Waals surface area (Å²) in [4.78, 5) is 8.99. The van der Waals surface area contributed by atoms with Gasteiger partial charge in [0.2, 0.25) is 0 Å². The van der Waals surface area contributed by atoms with Crippen LogP contribution in [0.2, 0.25) is 0 Å². The van der Waals surface area contributed by atoms with Gasteiger partial charge in [0.15, 0.2) is 5.13 Å². The van der Waals surface area contributed by atoms with Crippen molar-refractivity contribution in [2.45, 2.75) is 58.4 Å². The van der Waals surface area contributed by atoms with Crippen LogP contribution in [0.15, 0.2) is 0 Å². The molecule has 1 N–H and O–H groups in total. The molecule has 3 nitrogen and oxygen atoms in total. The molecule has 0 spiro atoms. The first kappa shape index (κ1) is 14.3. The lowest BCUT2D eigenvalue weighted by Gasteiger charge is -2.22. The molecule has 1 saturated carbocycles. The molecule has 1 aromatic rings. The first-order chi connectivity index (χ1) is 9.81. The predicted octanol–water partition coefficient (Wildman–Crippen LogP) is 3.76. The van der Waals surface area contributed by atoms with Crippen molar-refractivity contribution in [3.63, 3.8) is 0 Å². The largest absolute Gasteiger partial charge is 0.348 e. The molecular formula is C16H27N3S. The zero-order chi connectivity index (χ0) is 13.9. The van der Waals surface area contributed by atoms with Gasteiger partial charge in [0.25, 0.3) is 0 Å². The lowest BCUT2D eigenvalue weighted by atomic mass is 9.98. The Kier molecular flexibility index (Phi) is 4.61. The van der Waals surface area contributed by atoms with Crippen molar-refractivity contribution in [3.05, 3.63) is 10.6 Å². The quantitative estimate of drug-likeness (QED) is 0.829. The van der Waals surface area contributed by atoms with E-state index in [4.69, 9.17) is 4.98 Å². The van der Waals surface area contributed by atoms with Crippen LogP contribution in [-0.4, -0.2) is 24.6 Å². The lowest BCUT2D eigenvalue weighted by Crippen LogP contribution is -2.25. The number of nitrogens with one attached hydrogen (secondary N) is 1. The van der Waals surface area contributed by atoms with Crippen molar-refractivity contribution < 1.29 is 0 Å². The summed E-state index contributed by atoms with van der Waals surface area (Å²) in [5.74, 6) is 0.935. The molecule has 0 bridgehead atoms. The normalized spacial score (nSPS) is 21.8. The Balaban J connectivity index is 1.74. The van der Waals surface area contributed by atoms with Gasteiger partial charge in [-0.1, -0.05) is 18.3 Å². The van der Waals surface area contributed by atoms with Crippen LogP contribution >= 0.6 is 11.3 Å². The van der Waals surface area contributed by atoms with E-state index in [2.05, 4.69) is 24.1 Å². The van der Waals surface area contributed by atoms with E-state index < -0.39 is 0 Å². The van der Waals surface area contributed by atoms with Crippen molar-refractivity contribution in [3.8, 4) is 0 Å². The molecule has 4 heteroatoms. The van der Waals surface area contributed by atoms with Crippen LogP contribution in [0, 0.1) is 5.92 Å². The van der Waals surface area contributed by atoms with Crippen LogP contribution in [0.25, 0.3) is 0 Å². The number of hydrogen-bond acceptors (Lipinski definition) is 4. The van der Waals surface area contributed by atoms with Crippen molar-refractivity contribution in [1.29, 1.82) is 0 Å². The standard InChI is InChI=1S/C16H27N3S/c1-3-10-17-13-6-5-7-14-15(13)20-16(18-14)19(4-2)11-12-8-9-12/h12-13,17H,3-11H2,1-2H3. The van der Waals surface area contributed by atoms with Crippen molar-refractivity contribution in [2.75, 3.05) is 24.5 Å².